The van der Waals surface area contributed by atoms with E-state index >= 15 is 0 Å². The van der Waals surface area contributed by atoms with Gasteiger partial charge in [-0.2, -0.15) is 18.3 Å². The molecule has 1 aliphatic heterocycles. The first-order chi connectivity index (χ1) is 15.9. The molecule has 4 heterocycles. The molecule has 0 bridgehead atoms. The topological polar surface area (TPSA) is 61.4 Å². The number of fused-ring (bicyclic) bond motifs is 1. The quantitative estimate of drug-likeness (QED) is 0.424. The Hall–Kier alpha value is -3.75. The van der Waals surface area contributed by atoms with Crippen LogP contribution in [0.5, 0.6) is 0 Å². The predicted molar refractivity (Wildman–Crippen MR) is 118 cm³/mol. The van der Waals surface area contributed by atoms with E-state index in [-0.39, 0.29) is 5.56 Å². The first-order valence-electron chi connectivity index (χ1n) is 10.6. The van der Waals surface area contributed by atoms with Crippen LogP contribution in [0, 0.1) is 6.92 Å². The zero-order chi connectivity index (χ0) is 23.0. The third-order valence-electron chi connectivity index (χ3n) is 5.72. The van der Waals surface area contributed by atoms with Gasteiger partial charge in [-0.15, -0.1) is 0 Å². The van der Waals surface area contributed by atoms with Crippen LogP contribution in [0.2, 0.25) is 0 Å². The number of halogens is 3. The molecule has 0 aliphatic carbocycles. The highest BCUT2D eigenvalue weighted by Crippen LogP contribution is 2.40. The Balaban J connectivity index is 1.40. The van der Waals surface area contributed by atoms with Gasteiger partial charge in [0.25, 0.3) is 0 Å². The van der Waals surface area contributed by atoms with Gasteiger partial charge in [-0.25, -0.2) is 14.6 Å². The lowest BCUT2D eigenvalue weighted by Crippen LogP contribution is -2.21. The Morgan fingerprint density at radius 1 is 1.06 bits per heavy atom. The summed E-state index contributed by atoms with van der Waals surface area (Å²) in [4.78, 5) is 13.2. The minimum atomic E-state index is -4.41. The number of pyridine rings is 1. The highest BCUT2D eigenvalue weighted by Gasteiger charge is 2.37. The number of benzene rings is 1. The van der Waals surface area contributed by atoms with Gasteiger partial charge < -0.3 is 4.57 Å². The van der Waals surface area contributed by atoms with Gasteiger partial charge in [-0.1, -0.05) is 18.2 Å². The van der Waals surface area contributed by atoms with Crippen LogP contribution in [0.4, 0.5) is 13.2 Å². The fourth-order valence-electron chi connectivity index (χ4n) is 4.16. The van der Waals surface area contributed by atoms with Crippen molar-refractivity contribution < 1.29 is 13.2 Å². The van der Waals surface area contributed by atoms with Crippen molar-refractivity contribution in [3.8, 4) is 5.69 Å². The summed E-state index contributed by atoms with van der Waals surface area (Å²) < 4.78 is 44.3. The molecule has 33 heavy (non-hydrogen) atoms. The van der Waals surface area contributed by atoms with Gasteiger partial charge in [0, 0.05) is 18.7 Å². The fourth-order valence-corrected chi connectivity index (χ4v) is 4.16. The van der Waals surface area contributed by atoms with Crippen LogP contribution in [0.25, 0.3) is 17.8 Å². The lowest BCUT2D eigenvalue weighted by atomic mass is 9.88. The SMILES string of the molecule is Cc1cn(-c2ccc(/C=C/c3nc4n(n3)CCC[C@@H]4c3ccccc3C(F)(F)F)nc2)cn1. The monoisotopic (exact) mass is 450 g/mol. The third kappa shape index (κ3) is 4.30. The zero-order valence-corrected chi connectivity index (χ0v) is 17.9. The number of nitrogens with zero attached hydrogens (tertiary/aromatic N) is 6. The van der Waals surface area contributed by atoms with E-state index in [0.717, 1.165) is 29.6 Å². The van der Waals surface area contributed by atoms with Crippen molar-refractivity contribution >= 4 is 12.2 Å². The van der Waals surface area contributed by atoms with Gasteiger partial charge in [0.2, 0.25) is 0 Å². The maximum atomic E-state index is 13.6. The number of hydrogen-bond acceptors (Lipinski definition) is 4. The van der Waals surface area contributed by atoms with E-state index in [0.29, 0.717) is 24.6 Å². The molecule has 0 N–H and O–H groups in total. The minimum absolute atomic E-state index is 0.251. The second kappa shape index (κ2) is 8.31. The van der Waals surface area contributed by atoms with Crippen LogP contribution in [0.1, 0.15) is 52.9 Å². The van der Waals surface area contributed by atoms with Gasteiger partial charge in [0.1, 0.15) is 5.82 Å². The smallest absolute Gasteiger partial charge is 0.304 e. The van der Waals surface area contributed by atoms with Crippen molar-refractivity contribution in [2.75, 3.05) is 0 Å². The van der Waals surface area contributed by atoms with Gasteiger partial charge >= 0.3 is 6.18 Å². The Labute approximate surface area is 188 Å². The molecule has 0 amide bonds. The number of rotatable bonds is 4. The molecule has 6 nitrogen and oxygen atoms in total. The molecule has 0 unspecified atom stereocenters. The molecule has 0 saturated heterocycles. The number of alkyl halides is 3. The summed E-state index contributed by atoms with van der Waals surface area (Å²) in [7, 11) is 0. The van der Waals surface area contributed by atoms with Crippen molar-refractivity contribution in [2.45, 2.75) is 38.4 Å². The molecular weight excluding hydrogens is 429 g/mol. The molecule has 4 aromatic rings. The van der Waals surface area contributed by atoms with Crippen molar-refractivity contribution in [1.82, 2.24) is 29.3 Å². The van der Waals surface area contributed by atoms with E-state index < -0.39 is 17.7 Å². The Morgan fingerprint density at radius 2 is 1.91 bits per heavy atom. The molecule has 1 atom stereocenters. The lowest BCUT2D eigenvalue weighted by Gasteiger charge is -2.25. The third-order valence-corrected chi connectivity index (χ3v) is 5.72. The van der Waals surface area contributed by atoms with E-state index in [1.54, 1.807) is 41.5 Å². The molecule has 3 aromatic heterocycles. The summed E-state index contributed by atoms with van der Waals surface area (Å²) >= 11 is 0. The van der Waals surface area contributed by atoms with E-state index in [4.69, 9.17) is 0 Å². The summed E-state index contributed by atoms with van der Waals surface area (Å²) in [6.07, 6.45) is 5.86. The highest BCUT2D eigenvalue weighted by atomic mass is 19.4. The van der Waals surface area contributed by atoms with Crippen LogP contribution < -0.4 is 0 Å². The molecule has 168 valence electrons. The summed E-state index contributed by atoms with van der Waals surface area (Å²) in [6.45, 7) is 2.56. The second-order valence-corrected chi connectivity index (χ2v) is 8.03. The standard InChI is InChI=1S/C24H21F3N6/c1-16-14-32(15-29-16)18-10-8-17(28-13-18)9-11-22-30-23-20(6-4-12-33(23)31-22)19-5-2-3-7-21(19)24(25,26)27/h2-3,5,7-11,13-15,20H,4,6,12H2,1H3/b11-9+/t20-/m1/s1. The van der Waals surface area contributed by atoms with Crippen LogP contribution in [-0.2, 0) is 12.7 Å². The Bertz CT molecular complexity index is 1300. The Morgan fingerprint density at radius 3 is 2.64 bits per heavy atom. The van der Waals surface area contributed by atoms with Gasteiger partial charge in [-0.3, -0.25) is 4.98 Å². The molecular formula is C24H21F3N6. The maximum Gasteiger partial charge on any atom is 0.416 e. The summed E-state index contributed by atoms with van der Waals surface area (Å²) in [5.41, 5.74) is 2.18. The van der Waals surface area contributed by atoms with E-state index in [1.165, 1.54) is 6.07 Å². The zero-order valence-electron chi connectivity index (χ0n) is 17.9. The maximum absolute atomic E-state index is 13.6. The van der Waals surface area contributed by atoms with Gasteiger partial charge in [0.05, 0.1) is 35.2 Å². The average Bonchev–Trinajstić information content (AvgIpc) is 3.43. The molecule has 1 aromatic carbocycles. The van der Waals surface area contributed by atoms with E-state index in [1.807, 2.05) is 29.8 Å². The molecule has 0 spiro atoms. The lowest BCUT2D eigenvalue weighted by molar-refractivity contribution is -0.138. The first kappa shape index (κ1) is 21.1. The van der Waals surface area contributed by atoms with Crippen molar-refractivity contribution in [1.29, 1.82) is 0 Å². The van der Waals surface area contributed by atoms with Crippen LogP contribution in [-0.4, -0.2) is 29.3 Å². The normalized spacial score (nSPS) is 16.3. The number of hydrogen-bond donors (Lipinski definition) is 0. The molecule has 1 aliphatic rings. The molecule has 0 radical (unpaired) electrons. The van der Waals surface area contributed by atoms with E-state index in [9.17, 15) is 13.2 Å². The van der Waals surface area contributed by atoms with E-state index in [2.05, 4.69) is 20.1 Å². The van der Waals surface area contributed by atoms with Gasteiger partial charge in [0.15, 0.2) is 5.82 Å². The highest BCUT2D eigenvalue weighted by molar-refractivity contribution is 5.64. The summed E-state index contributed by atoms with van der Waals surface area (Å²) in [5.74, 6) is 0.580. The van der Waals surface area contributed by atoms with Crippen molar-refractivity contribution in [3.05, 3.63) is 89.3 Å². The predicted octanol–water partition coefficient (Wildman–Crippen LogP) is 5.28. The van der Waals surface area contributed by atoms with Crippen LogP contribution in [0.3, 0.4) is 0 Å². The minimum Gasteiger partial charge on any atom is -0.304 e. The van der Waals surface area contributed by atoms with Crippen LogP contribution in [0.15, 0.2) is 55.1 Å². The molecule has 0 fully saturated rings. The summed E-state index contributed by atoms with van der Waals surface area (Å²) in [6, 6.07) is 9.54. The second-order valence-electron chi connectivity index (χ2n) is 8.03. The van der Waals surface area contributed by atoms with Crippen molar-refractivity contribution in [2.24, 2.45) is 0 Å². The molecule has 0 saturated carbocycles. The largest absolute Gasteiger partial charge is 0.416 e. The number of imidazole rings is 1. The Kier molecular flexibility index (Phi) is 5.32. The first-order valence-corrected chi connectivity index (χ1v) is 10.6. The summed E-state index contributed by atoms with van der Waals surface area (Å²) in [5, 5.41) is 4.50. The van der Waals surface area contributed by atoms with Gasteiger partial charge in [-0.05, 0) is 55.7 Å². The number of aromatic nitrogens is 6. The molecule has 5 rings (SSSR count). The van der Waals surface area contributed by atoms with Crippen molar-refractivity contribution in [3.63, 3.8) is 0 Å². The molecule has 9 heteroatoms. The van der Waals surface area contributed by atoms with Crippen LogP contribution >= 0.6 is 0 Å². The number of aryl methyl sites for hydroxylation is 2. The average molecular weight is 450 g/mol. The fraction of sp³-hybridized carbons (Fsp3) is 0.250.